The Balaban J connectivity index is 1.32. The van der Waals surface area contributed by atoms with Crippen LogP contribution in [-0.2, 0) is 0 Å². The number of hydrogen-bond donors (Lipinski definition) is 2. The maximum Gasteiger partial charge on any atom is 0.335 e. The number of fused-ring (bicyclic) bond motifs is 2. The minimum atomic E-state index is -0.964. The Kier molecular flexibility index (Phi) is 5.88. The van der Waals surface area contributed by atoms with Crippen LogP contribution in [-0.4, -0.2) is 31.5 Å². The van der Waals surface area contributed by atoms with Crippen LogP contribution < -0.4 is 5.32 Å². The Morgan fingerprint density at radius 3 is 2.43 bits per heavy atom. The van der Waals surface area contributed by atoms with E-state index in [9.17, 15) is 14.7 Å². The molecule has 1 fully saturated rings. The molecule has 0 radical (unpaired) electrons. The first-order valence-electron chi connectivity index (χ1n) is 12.6. The molecule has 7 nitrogen and oxygen atoms in total. The highest BCUT2D eigenvalue weighted by molar-refractivity contribution is 6.05. The highest BCUT2D eigenvalue weighted by Crippen LogP contribution is 2.36. The van der Waals surface area contributed by atoms with Crippen LogP contribution in [0.5, 0.6) is 0 Å². The lowest BCUT2D eigenvalue weighted by molar-refractivity contribution is 0.0696. The zero-order valence-corrected chi connectivity index (χ0v) is 20.2. The Bertz CT molecular complexity index is 1630. The van der Waals surface area contributed by atoms with Crippen LogP contribution in [0.15, 0.2) is 79.0 Å². The lowest BCUT2D eigenvalue weighted by atomic mass is 9.94. The van der Waals surface area contributed by atoms with E-state index in [1.807, 2.05) is 48.5 Å². The lowest BCUT2D eigenvalue weighted by Gasteiger charge is -2.25. The van der Waals surface area contributed by atoms with E-state index in [0.717, 1.165) is 40.6 Å². The van der Waals surface area contributed by atoms with Gasteiger partial charge in [-0.3, -0.25) is 9.78 Å². The monoisotopic (exact) mass is 490 g/mol. The predicted molar refractivity (Wildman–Crippen MR) is 144 cm³/mol. The van der Waals surface area contributed by atoms with Crippen LogP contribution in [0.4, 0.5) is 5.69 Å². The minimum Gasteiger partial charge on any atom is -0.478 e. The van der Waals surface area contributed by atoms with Crippen molar-refractivity contribution in [3.05, 3.63) is 90.1 Å². The van der Waals surface area contributed by atoms with Crippen molar-refractivity contribution in [1.82, 2.24) is 14.5 Å². The molecule has 1 aliphatic carbocycles. The van der Waals surface area contributed by atoms with Crippen molar-refractivity contribution in [2.45, 2.75) is 38.1 Å². The van der Waals surface area contributed by atoms with Crippen molar-refractivity contribution >= 4 is 39.5 Å². The summed E-state index contributed by atoms with van der Waals surface area (Å²) in [5, 5.41) is 13.4. The molecule has 7 heteroatoms. The lowest BCUT2D eigenvalue weighted by Crippen LogP contribution is -2.14. The second kappa shape index (κ2) is 9.50. The third-order valence-corrected chi connectivity index (χ3v) is 7.14. The van der Waals surface area contributed by atoms with E-state index >= 15 is 0 Å². The van der Waals surface area contributed by atoms with Gasteiger partial charge in [-0.05, 0) is 67.4 Å². The summed E-state index contributed by atoms with van der Waals surface area (Å²) in [6, 6.07) is 22.4. The van der Waals surface area contributed by atoms with Gasteiger partial charge in [0.2, 0.25) is 0 Å². The first-order valence-corrected chi connectivity index (χ1v) is 12.6. The summed E-state index contributed by atoms with van der Waals surface area (Å²) < 4.78 is 2.26. The molecule has 1 aliphatic rings. The number of carboxylic acid groups (broad SMARTS) is 1. The Morgan fingerprint density at radius 1 is 0.865 bits per heavy atom. The van der Waals surface area contributed by atoms with E-state index in [4.69, 9.17) is 4.98 Å². The van der Waals surface area contributed by atoms with Crippen molar-refractivity contribution in [3.63, 3.8) is 0 Å². The summed E-state index contributed by atoms with van der Waals surface area (Å²) in [5.74, 6) is -0.353. The maximum absolute atomic E-state index is 13.0. The quantitative estimate of drug-likeness (QED) is 0.285. The Labute approximate surface area is 213 Å². The molecule has 3 aromatic carbocycles. The van der Waals surface area contributed by atoms with E-state index in [0.29, 0.717) is 22.8 Å². The number of pyridine rings is 1. The SMILES string of the molecule is O=C(O)c1ccc2c(c1)nc(-c1ccc(C(=O)Nc3ccc4ncccc4c3)cc1)n2C1CCCCC1. The molecule has 0 unspecified atom stereocenters. The van der Waals surface area contributed by atoms with Gasteiger partial charge in [-0.1, -0.05) is 37.5 Å². The molecule has 0 bridgehead atoms. The second-order valence-electron chi connectivity index (χ2n) is 9.55. The minimum absolute atomic E-state index is 0.193. The van der Waals surface area contributed by atoms with Gasteiger partial charge in [0.15, 0.2) is 0 Å². The number of anilines is 1. The van der Waals surface area contributed by atoms with Crippen LogP contribution in [0, 0.1) is 0 Å². The standard InChI is InChI=1S/C30H26N4O3/c35-29(32-23-13-14-25-21(17-23)5-4-16-31-25)20-10-8-19(9-11-20)28-33-26-18-22(30(36)37)12-15-27(26)34(28)24-6-2-1-3-7-24/h4-5,8-18,24H,1-3,6-7H2,(H,32,35)(H,36,37). The number of carbonyl (C=O) groups excluding carboxylic acids is 1. The van der Waals surface area contributed by atoms with Gasteiger partial charge in [0.1, 0.15) is 5.82 Å². The molecular weight excluding hydrogens is 464 g/mol. The fourth-order valence-electron chi connectivity index (χ4n) is 5.27. The fourth-order valence-corrected chi connectivity index (χ4v) is 5.27. The van der Waals surface area contributed by atoms with Crippen LogP contribution >= 0.6 is 0 Å². The number of nitrogens with zero attached hydrogens (tertiary/aromatic N) is 3. The summed E-state index contributed by atoms with van der Waals surface area (Å²) in [5.41, 5.74) is 4.87. The largest absolute Gasteiger partial charge is 0.478 e. The van der Waals surface area contributed by atoms with Gasteiger partial charge in [0.05, 0.1) is 22.1 Å². The van der Waals surface area contributed by atoms with Gasteiger partial charge in [-0.2, -0.15) is 0 Å². The van der Waals surface area contributed by atoms with E-state index in [2.05, 4.69) is 14.9 Å². The molecule has 184 valence electrons. The van der Waals surface area contributed by atoms with Gasteiger partial charge < -0.3 is 15.0 Å². The fraction of sp³-hybridized carbons (Fsp3) is 0.200. The number of amides is 1. The highest BCUT2D eigenvalue weighted by Gasteiger charge is 2.23. The molecule has 2 aromatic heterocycles. The van der Waals surface area contributed by atoms with Crippen LogP contribution in [0.25, 0.3) is 33.3 Å². The summed E-state index contributed by atoms with van der Waals surface area (Å²) in [6.45, 7) is 0. The Hall–Kier alpha value is -4.52. The van der Waals surface area contributed by atoms with E-state index < -0.39 is 5.97 Å². The maximum atomic E-state index is 13.0. The second-order valence-corrected chi connectivity index (χ2v) is 9.55. The number of aromatic nitrogens is 3. The number of aromatic carboxylic acids is 1. The van der Waals surface area contributed by atoms with Crippen LogP contribution in [0.2, 0.25) is 0 Å². The molecule has 0 spiro atoms. The number of rotatable bonds is 5. The van der Waals surface area contributed by atoms with E-state index in [1.54, 1.807) is 30.5 Å². The third kappa shape index (κ3) is 4.44. The summed E-state index contributed by atoms with van der Waals surface area (Å²) in [6.07, 6.45) is 7.46. The Morgan fingerprint density at radius 2 is 1.65 bits per heavy atom. The number of hydrogen-bond acceptors (Lipinski definition) is 4. The van der Waals surface area contributed by atoms with Crippen molar-refractivity contribution in [1.29, 1.82) is 0 Å². The number of nitrogens with one attached hydrogen (secondary N) is 1. The molecule has 2 N–H and O–H groups in total. The zero-order chi connectivity index (χ0) is 25.4. The molecular formula is C30H26N4O3. The topological polar surface area (TPSA) is 97.1 Å². The first kappa shape index (κ1) is 22.9. The molecule has 37 heavy (non-hydrogen) atoms. The first-order chi connectivity index (χ1) is 18.1. The number of benzene rings is 3. The van der Waals surface area contributed by atoms with Gasteiger partial charge in [-0.15, -0.1) is 0 Å². The summed E-state index contributed by atoms with van der Waals surface area (Å²) in [4.78, 5) is 33.7. The summed E-state index contributed by atoms with van der Waals surface area (Å²) >= 11 is 0. The third-order valence-electron chi connectivity index (χ3n) is 7.14. The van der Waals surface area contributed by atoms with Crippen LogP contribution in [0.1, 0.15) is 58.9 Å². The average molecular weight is 491 g/mol. The predicted octanol–water partition coefficient (Wildman–Crippen LogP) is 6.71. The molecule has 1 amide bonds. The zero-order valence-electron chi connectivity index (χ0n) is 20.2. The summed E-state index contributed by atoms with van der Waals surface area (Å²) in [7, 11) is 0. The van der Waals surface area contributed by atoms with Gasteiger partial charge >= 0.3 is 5.97 Å². The van der Waals surface area contributed by atoms with Gasteiger partial charge in [-0.25, -0.2) is 9.78 Å². The number of carboxylic acids is 1. The molecule has 0 saturated heterocycles. The van der Waals surface area contributed by atoms with Crippen molar-refractivity contribution in [2.75, 3.05) is 5.32 Å². The molecule has 1 saturated carbocycles. The van der Waals surface area contributed by atoms with Crippen molar-refractivity contribution in [3.8, 4) is 11.4 Å². The van der Waals surface area contributed by atoms with Crippen molar-refractivity contribution in [2.24, 2.45) is 0 Å². The highest BCUT2D eigenvalue weighted by atomic mass is 16.4. The number of carbonyl (C=O) groups is 2. The molecule has 5 aromatic rings. The van der Waals surface area contributed by atoms with Crippen molar-refractivity contribution < 1.29 is 14.7 Å². The molecule has 0 aliphatic heterocycles. The van der Waals surface area contributed by atoms with E-state index in [-0.39, 0.29) is 11.5 Å². The number of imidazole rings is 1. The van der Waals surface area contributed by atoms with Crippen LogP contribution in [0.3, 0.4) is 0 Å². The van der Waals surface area contributed by atoms with Gasteiger partial charge in [0, 0.05) is 34.4 Å². The van der Waals surface area contributed by atoms with Gasteiger partial charge in [0.25, 0.3) is 5.91 Å². The molecule has 0 atom stereocenters. The average Bonchev–Trinajstić information content (AvgIpc) is 3.32. The molecule has 2 heterocycles. The molecule has 6 rings (SSSR count). The normalized spacial score (nSPS) is 14.2. The van der Waals surface area contributed by atoms with E-state index in [1.165, 1.54) is 19.3 Å². The smallest absolute Gasteiger partial charge is 0.335 e.